The molecule has 0 spiro atoms. The topological polar surface area (TPSA) is 50.8 Å². The van der Waals surface area contributed by atoms with Crippen molar-refractivity contribution in [1.29, 1.82) is 0 Å². The van der Waals surface area contributed by atoms with Gasteiger partial charge < -0.3 is 19.7 Å². The van der Waals surface area contributed by atoms with E-state index in [-0.39, 0.29) is 5.91 Å². The Bertz CT molecular complexity index is 764. The molecule has 5 nitrogen and oxygen atoms in total. The van der Waals surface area contributed by atoms with Crippen molar-refractivity contribution in [2.45, 2.75) is 0 Å². The van der Waals surface area contributed by atoms with Crippen LogP contribution in [0.3, 0.4) is 0 Å². The number of methoxy groups -OCH3 is 2. The van der Waals surface area contributed by atoms with E-state index in [1.807, 2.05) is 25.1 Å². The first-order valence-electron chi connectivity index (χ1n) is 7.07. The van der Waals surface area contributed by atoms with Crippen molar-refractivity contribution in [2.75, 3.05) is 38.5 Å². The summed E-state index contributed by atoms with van der Waals surface area (Å²) in [6, 6.07) is 8.38. The minimum Gasteiger partial charge on any atom is -0.493 e. The van der Waals surface area contributed by atoms with Crippen molar-refractivity contribution in [2.24, 2.45) is 0 Å². The first kappa shape index (κ1) is 18.2. The van der Waals surface area contributed by atoms with Gasteiger partial charge in [-0.25, -0.2) is 0 Å². The first-order valence-corrected chi connectivity index (χ1v) is 7.82. The van der Waals surface area contributed by atoms with Gasteiger partial charge in [0.1, 0.15) is 0 Å². The molecular weight excluding hydrogens is 351 g/mol. The summed E-state index contributed by atoms with van der Waals surface area (Å²) in [7, 11) is 6.73. The number of rotatable bonds is 5. The van der Waals surface area contributed by atoms with E-state index in [0.29, 0.717) is 32.8 Å². The van der Waals surface area contributed by atoms with Gasteiger partial charge in [0.25, 0.3) is 5.91 Å². The van der Waals surface area contributed by atoms with Gasteiger partial charge in [0.05, 0.1) is 30.6 Å². The Morgan fingerprint density at radius 3 is 2.38 bits per heavy atom. The SMILES string of the molecule is COc1cc(C(=O)Nc2cc(Cl)ccc2N(C)C)cc(Cl)c1OC. The lowest BCUT2D eigenvalue weighted by Gasteiger charge is -2.18. The molecule has 0 bridgehead atoms. The minimum absolute atomic E-state index is 0.293. The van der Waals surface area contributed by atoms with E-state index in [2.05, 4.69) is 5.32 Å². The van der Waals surface area contributed by atoms with Crippen LogP contribution in [0.15, 0.2) is 30.3 Å². The number of carbonyl (C=O) groups excluding carboxylic acids is 1. The zero-order valence-corrected chi connectivity index (χ0v) is 15.3. The van der Waals surface area contributed by atoms with Crippen LogP contribution in [-0.2, 0) is 0 Å². The number of ether oxygens (including phenoxy) is 2. The number of hydrogen-bond acceptors (Lipinski definition) is 4. The van der Waals surface area contributed by atoms with Crippen LogP contribution in [0.25, 0.3) is 0 Å². The van der Waals surface area contributed by atoms with E-state index in [0.717, 1.165) is 5.69 Å². The Morgan fingerprint density at radius 1 is 1.08 bits per heavy atom. The number of carbonyl (C=O) groups is 1. The third-order valence-electron chi connectivity index (χ3n) is 3.38. The quantitative estimate of drug-likeness (QED) is 0.853. The van der Waals surface area contributed by atoms with Gasteiger partial charge in [-0.3, -0.25) is 4.79 Å². The Balaban J connectivity index is 2.37. The summed E-state index contributed by atoms with van der Waals surface area (Å²) < 4.78 is 10.4. The van der Waals surface area contributed by atoms with Crippen LogP contribution < -0.4 is 19.7 Å². The van der Waals surface area contributed by atoms with Crippen LogP contribution in [0.2, 0.25) is 10.0 Å². The third kappa shape index (κ3) is 3.86. The molecule has 0 aliphatic heterocycles. The standard InChI is InChI=1S/C17H18Cl2N2O3/c1-21(2)14-6-5-11(18)9-13(14)20-17(22)10-7-12(19)16(24-4)15(8-10)23-3/h5-9H,1-4H3,(H,20,22). The second-order valence-electron chi connectivity index (χ2n) is 5.20. The summed E-state index contributed by atoms with van der Waals surface area (Å²) in [5, 5.41) is 3.67. The maximum Gasteiger partial charge on any atom is 0.255 e. The van der Waals surface area contributed by atoms with Gasteiger partial charge in [-0.15, -0.1) is 0 Å². The molecule has 1 N–H and O–H groups in total. The highest BCUT2D eigenvalue weighted by Crippen LogP contribution is 2.36. The van der Waals surface area contributed by atoms with Gasteiger partial charge in [-0.2, -0.15) is 0 Å². The van der Waals surface area contributed by atoms with Gasteiger partial charge in [0.2, 0.25) is 0 Å². The maximum atomic E-state index is 12.6. The second-order valence-corrected chi connectivity index (χ2v) is 6.05. The van der Waals surface area contributed by atoms with Gasteiger partial charge in [-0.1, -0.05) is 23.2 Å². The van der Waals surface area contributed by atoms with Crippen LogP contribution in [0.4, 0.5) is 11.4 Å². The Hall–Kier alpha value is -2.11. The highest BCUT2D eigenvalue weighted by Gasteiger charge is 2.17. The van der Waals surface area contributed by atoms with Crippen LogP contribution in [0, 0.1) is 0 Å². The molecule has 0 saturated carbocycles. The molecule has 24 heavy (non-hydrogen) atoms. The van der Waals surface area contributed by atoms with Crippen molar-refractivity contribution in [3.05, 3.63) is 45.9 Å². The molecule has 0 aliphatic carbocycles. The highest BCUT2D eigenvalue weighted by atomic mass is 35.5. The number of benzene rings is 2. The van der Waals surface area contributed by atoms with Gasteiger partial charge in [0.15, 0.2) is 11.5 Å². The summed E-state index contributed by atoms with van der Waals surface area (Å²) >= 11 is 12.2. The molecule has 0 fully saturated rings. The number of nitrogens with one attached hydrogen (secondary N) is 1. The zero-order chi connectivity index (χ0) is 17.9. The van der Waals surface area contributed by atoms with E-state index in [9.17, 15) is 4.79 Å². The van der Waals surface area contributed by atoms with Crippen LogP contribution in [0.1, 0.15) is 10.4 Å². The van der Waals surface area contributed by atoms with E-state index in [1.54, 1.807) is 18.2 Å². The fourth-order valence-corrected chi connectivity index (χ4v) is 2.70. The van der Waals surface area contributed by atoms with Gasteiger partial charge in [0, 0.05) is 24.7 Å². The number of amides is 1. The highest BCUT2D eigenvalue weighted by molar-refractivity contribution is 6.33. The molecule has 0 aliphatic rings. The number of anilines is 2. The van der Waals surface area contributed by atoms with Crippen LogP contribution in [0.5, 0.6) is 11.5 Å². The third-order valence-corrected chi connectivity index (χ3v) is 3.90. The normalized spacial score (nSPS) is 10.2. The predicted molar refractivity (Wildman–Crippen MR) is 98.3 cm³/mol. The molecule has 0 heterocycles. The van der Waals surface area contributed by atoms with Crippen molar-refractivity contribution < 1.29 is 14.3 Å². The molecular formula is C17H18Cl2N2O3. The van der Waals surface area contributed by atoms with E-state index < -0.39 is 0 Å². The van der Waals surface area contributed by atoms with Gasteiger partial charge in [-0.05, 0) is 30.3 Å². The predicted octanol–water partition coefficient (Wildman–Crippen LogP) is 4.33. The Kier molecular flexibility index (Phi) is 5.80. The second kappa shape index (κ2) is 7.64. The van der Waals surface area contributed by atoms with Crippen molar-refractivity contribution in [3.8, 4) is 11.5 Å². The lowest BCUT2D eigenvalue weighted by molar-refractivity contribution is 0.102. The molecule has 2 aromatic carbocycles. The van der Waals surface area contributed by atoms with Crippen molar-refractivity contribution in [1.82, 2.24) is 0 Å². The zero-order valence-electron chi connectivity index (χ0n) is 13.8. The van der Waals surface area contributed by atoms with Crippen LogP contribution in [-0.4, -0.2) is 34.2 Å². The average Bonchev–Trinajstić information content (AvgIpc) is 2.53. The number of nitrogens with zero attached hydrogens (tertiary/aromatic N) is 1. The fourth-order valence-electron chi connectivity index (χ4n) is 2.24. The molecule has 0 radical (unpaired) electrons. The largest absolute Gasteiger partial charge is 0.493 e. The average molecular weight is 369 g/mol. The van der Waals surface area contributed by atoms with E-state index >= 15 is 0 Å². The molecule has 0 saturated heterocycles. The van der Waals surface area contributed by atoms with E-state index in [1.165, 1.54) is 20.3 Å². The summed E-state index contributed by atoms with van der Waals surface area (Å²) in [4.78, 5) is 14.5. The smallest absolute Gasteiger partial charge is 0.255 e. The maximum absolute atomic E-state index is 12.6. The van der Waals surface area contributed by atoms with Crippen LogP contribution >= 0.6 is 23.2 Å². The fraction of sp³-hybridized carbons (Fsp3) is 0.235. The van der Waals surface area contributed by atoms with Crippen molar-refractivity contribution in [3.63, 3.8) is 0 Å². The molecule has 0 unspecified atom stereocenters. The molecule has 2 rings (SSSR count). The van der Waals surface area contributed by atoms with Crippen molar-refractivity contribution >= 4 is 40.5 Å². The Morgan fingerprint density at radius 2 is 1.79 bits per heavy atom. The molecule has 1 amide bonds. The van der Waals surface area contributed by atoms with E-state index in [4.69, 9.17) is 32.7 Å². The molecule has 7 heteroatoms. The summed E-state index contributed by atoms with van der Waals surface area (Å²) in [6.45, 7) is 0. The lowest BCUT2D eigenvalue weighted by Crippen LogP contribution is -2.17. The molecule has 0 atom stereocenters. The number of hydrogen-bond donors (Lipinski definition) is 1. The monoisotopic (exact) mass is 368 g/mol. The summed E-state index contributed by atoms with van der Waals surface area (Å²) in [6.07, 6.45) is 0. The number of halogens is 2. The van der Waals surface area contributed by atoms with Gasteiger partial charge >= 0.3 is 0 Å². The Labute approximate surface area is 151 Å². The lowest BCUT2D eigenvalue weighted by atomic mass is 10.1. The minimum atomic E-state index is -0.330. The first-order chi connectivity index (χ1) is 11.4. The summed E-state index contributed by atoms with van der Waals surface area (Å²) in [5.74, 6) is 0.435. The molecule has 128 valence electrons. The molecule has 2 aromatic rings. The summed E-state index contributed by atoms with van der Waals surface area (Å²) in [5.41, 5.74) is 1.78. The molecule has 0 aromatic heterocycles.